The summed E-state index contributed by atoms with van der Waals surface area (Å²) in [6.07, 6.45) is 4.65. The van der Waals surface area contributed by atoms with Crippen molar-refractivity contribution >= 4 is 11.7 Å². The average molecular weight is 364 g/mol. The van der Waals surface area contributed by atoms with Gasteiger partial charge in [0.25, 0.3) is 0 Å². The molecule has 0 saturated heterocycles. The van der Waals surface area contributed by atoms with Crippen LogP contribution >= 0.6 is 0 Å². The van der Waals surface area contributed by atoms with Crippen LogP contribution in [0.3, 0.4) is 0 Å². The van der Waals surface area contributed by atoms with Crippen molar-refractivity contribution in [3.05, 3.63) is 83.4 Å². The fraction of sp³-hybridized carbons (Fsp3) is 0.238. The number of hydrogen-bond acceptors (Lipinski definition) is 2. The molecular weight excluding hydrogens is 343 g/mol. The number of nitrogens with one attached hydrogen (secondary N) is 2. The standard InChI is InChI=1S/C21H21FN4O/c22-16-8-4-9-17(12-16)24-21(27)25-19-10-5-11-20-18(19)13-23-26(20)14-15-6-2-1-3-7-15/h1-4,6-9,12-13,19H,5,10-11,14H2,(H2,24,25,27)/t19-/m1/s1. The number of carbonyl (C=O) groups excluding carboxylic acids is 1. The van der Waals surface area contributed by atoms with Gasteiger partial charge < -0.3 is 10.6 Å². The number of hydrogen-bond donors (Lipinski definition) is 2. The lowest BCUT2D eigenvalue weighted by Gasteiger charge is -2.24. The highest BCUT2D eigenvalue weighted by atomic mass is 19.1. The van der Waals surface area contributed by atoms with E-state index in [1.54, 1.807) is 12.1 Å². The van der Waals surface area contributed by atoms with Crippen molar-refractivity contribution in [1.82, 2.24) is 15.1 Å². The number of aromatic nitrogens is 2. The molecule has 0 spiro atoms. The summed E-state index contributed by atoms with van der Waals surface area (Å²) >= 11 is 0. The molecule has 2 aromatic carbocycles. The second kappa shape index (κ2) is 7.61. The van der Waals surface area contributed by atoms with Gasteiger partial charge in [0.05, 0.1) is 18.8 Å². The fourth-order valence-electron chi connectivity index (χ4n) is 3.55. The van der Waals surface area contributed by atoms with Crippen molar-refractivity contribution in [2.24, 2.45) is 0 Å². The molecule has 3 aromatic rings. The van der Waals surface area contributed by atoms with Crippen molar-refractivity contribution in [2.45, 2.75) is 31.8 Å². The lowest BCUT2D eigenvalue weighted by molar-refractivity contribution is 0.247. The molecule has 2 amide bonds. The minimum atomic E-state index is -0.380. The van der Waals surface area contributed by atoms with Gasteiger partial charge in [0, 0.05) is 16.9 Å². The van der Waals surface area contributed by atoms with E-state index >= 15 is 0 Å². The van der Waals surface area contributed by atoms with E-state index in [-0.39, 0.29) is 17.9 Å². The summed E-state index contributed by atoms with van der Waals surface area (Å²) in [6, 6.07) is 15.6. The first-order chi connectivity index (χ1) is 13.2. The highest BCUT2D eigenvalue weighted by molar-refractivity contribution is 5.89. The van der Waals surface area contributed by atoms with Crippen molar-refractivity contribution in [3.63, 3.8) is 0 Å². The zero-order valence-corrected chi connectivity index (χ0v) is 14.9. The van der Waals surface area contributed by atoms with Gasteiger partial charge >= 0.3 is 6.03 Å². The Morgan fingerprint density at radius 2 is 2.04 bits per heavy atom. The summed E-state index contributed by atoms with van der Waals surface area (Å²) in [5, 5.41) is 10.2. The van der Waals surface area contributed by atoms with E-state index in [0.717, 1.165) is 31.4 Å². The molecule has 0 aliphatic heterocycles. The Hall–Kier alpha value is -3.15. The van der Waals surface area contributed by atoms with Gasteiger partial charge in [-0.15, -0.1) is 0 Å². The molecule has 0 unspecified atom stereocenters. The number of amides is 2. The Kier molecular flexibility index (Phi) is 4.87. The summed E-state index contributed by atoms with van der Waals surface area (Å²) in [4.78, 5) is 12.3. The number of nitrogens with zero attached hydrogens (tertiary/aromatic N) is 2. The van der Waals surface area contributed by atoms with Crippen LogP contribution in [-0.2, 0) is 13.0 Å². The van der Waals surface area contributed by atoms with Crippen LogP contribution in [0.15, 0.2) is 60.8 Å². The molecule has 0 bridgehead atoms. The summed E-state index contributed by atoms with van der Waals surface area (Å²) in [7, 11) is 0. The molecule has 6 heteroatoms. The van der Waals surface area contributed by atoms with Crippen LogP contribution in [0, 0.1) is 5.82 Å². The predicted octanol–water partition coefficient (Wildman–Crippen LogP) is 4.27. The number of fused-ring (bicyclic) bond motifs is 1. The minimum Gasteiger partial charge on any atom is -0.331 e. The van der Waals surface area contributed by atoms with Crippen LogP contribution in [0.1, 0.15) is 35.7 Å². The summed E-state index contributed by atoms with van der Waals surface area (Å²) in [5.41, 5.74) is 3.86. The van der Waals surface area contributed by atoms with Crippen LogP contribution in [0.5, 0.6) is 0 Å². The average Bonchev–Trinajstić information content (AvgIpc) is 3.06. The van der Waals surface area contributed by atoms with E-state index < -0.39 is 0 Å². The van der Waals surface area contributed by atoms with Gasteiger partial charge in [-0.05, 0) is 43.0 Å². The maximum absolute atomic E-state index is 13.3. The Morgan fingerprint density at radius 3 is 2.85 bits per heavy atom. The molecule has 0 radical (unpaired) electrons. The minimum absolute atomic E-state index is 0.0909. The Bertz CT molecular complexity index is 938. The molecule has 2 N–H and O–H groups in total. The van der Waals surface area contributed by atoms with E-state index in [1.165, 1.54) is 23.4 Å². The van der Waals surface area contributed by atoms with Gasteiger partial charge in [-0.2, -0.15) is 5.10 Å². The van der Waals surface area contributed by atoms with Crippen molar-refractivity contribution in [1.29, 1.82) is 0 Å². The quantitative estimate of drug-likeness (QED) is 0.726. The van der Waals surface area contributed by atoms with Crippen LogP contribution in [0.2, 0.25) is 0 Å². The topological polar surface area (TPSA) is 59.0 Å². The third-order valence-electron chi connectivity index (χ3n) is 4.83. The maximum atomic E-state index is 13.3. The summed E-state index contributed by atoms with van der Waals surface area (Å²) in [5.74, 6) is -0.380. The van der Waals surface area contributed by atoms with Crippen molar-refractivity contribution < 1.29 is 9.18 Å². The third kappa shape index (κ3) is 4.00. The molecule has 0 saturated carbocycles. The van der Waals surface area contributed by atoms with E-state index in [2.05, 4.69) is 27.9 Å². The second-order valence-corrected chi connectivity index (χ2v) is 6.74. The maximum Gasteiger partial charge on any atom is 0.319 e. The predicted molar refractivity (Wildman–Crippen MR) is 102 cm³/mol. The number of rotatable bonds is 4. The normalized spacial score (nSPS) is 15.8. The number of carbonyl (C=O) groups is 1. The largest absolute Gasteiger partial charge is 0.331 e. The van der Waals surface area contributed by atoms with E-state index in [1.807, 2.05) is 29.1 Å². The zero-order chi connectivity index (χ0) is 18.6. The van der Waals surface area contributed by atoms with E-state index in [4.69, 9.17) is 0 Å². The molecule has 1 aliphatic carbocycles. The molecule has 1 aromatic heterocycles. The summed E-state index contributed by atoms with van der Waals surface area (Å²) < 4.78 is 15.3. The number of benzene rings is 2. The summed E-state index contributed by atoms with van der Waals surface area (Å²) in [6.45, 7) is 0.721. The number of urea groups is 1. The molecule has 4 rings (SSSR count). The van der Waals surface area contributed by atoms with Gasteiger partial charge in [-0.1, -0.05) is 36.4 Å². The highest BCUT2D eigenvalue weighted by Gasteiger charge is 2.25. The molecule has 0 fully saturated rings. The van der Waals surface area contributed by atoms with Crippen LogP contribution in [0.4, 0.5) is 14.9 Å². The second-order valence-electron chi connectivity index (χ2n) is 6.74. The van der Waals surface area contributed by atoms with Gasteiger partial charge in [-0.25, -0.2) is 9.18 Å². The first-order valence-electron chi connectivity index (χ1n) is 9.10. The smallest absolute Gasteiger partial charge is 0.319 e. The van der Waals surface area contributed by atoms with Gasteiger partial charge in [0.2, 0.25) is 0 Å². The van der Waals surface area contributed by atoms with Crippen LogP contribution < -0.4 is 10.6 Å². The monoisotopic (exact) mass is 364 g/mol. The SMILES string of the molecule is O=C(Nc1cccc(F)c1)N[C@@H]1CCCc2c1cnn2Cc1ccccc1. The van der Waals surface area contributed by atoms with Crippen LogP contribution in [-0.4, -0.2) is 15.8 Å². The van der Waals surface area contributed by atoms with Gasteiger partial charge in [-0.3, -0.25) is 4.68 Å². The Morgan fingerprint density at radius 1 is 1.19 bits per heavy atom. The first kappa shape index (κ1) is 17.3. The Balaban J connectivity index is 1.46. The van der Waals surface area contributed by atoms with Crippen LogP contribution in [0.25, 0.3) is 0 Å². The van der Waals surface area contributed by atoms with Crippen molar-refractivity contribution in [2.75, 3.05) is 5.32 Å². The van der Waals surface area contributed by atoms with Crippen molar-refractivity contribution in [3.8, 4) is 0 Å². The molecule has 1 atom stereocenters. The molecule has 1 aliphatic rings. The van der Waals surface area contributed by atoms with Gasteiger partial charge in [0.15, 0.2) is 0 Å². The Labute approximate surface area is 157 Å². The number of anilines is 1. The van der Waals surface area contributed by atoms with E-state index in [9.17, 15) is 9.18 Å². The molecule has 1 heterocycles. The molecule has 138 valence electrons. The molecule has 5 nitrogen and oxygen atoms in total. The lowest BCUT2D eigenvalue weighted by Crippen LogP contribution is -2.34. The third-order valence-corrected chi connectivity index (χ3v) is 4.83. The molecular formula is C21H21FN4O. The molecule has 27 heavy (non-hydrogen) atoms. The fourth-order valence-corrected chi connectivity index (χ4v) is 3.55. The number of halogens is 1. The highest BCUT2D eigenvalue weighted by Crippen LogP contribution is 2.30. The van der Waals surface area contributed by atoms with E-state index in [0.29, 0.717) is 5.69 Å². The van der Waals surface area contributed by atoms with Gasteiger partial charge in [0.1, 0.15) is 5.82 Å². The first-order valence-corrected chi connectivity index (χ1v) is 9.10. The zero-order valence-electron chi connectivity index (χ0n) is 14.9. The lowest BCUT2D eigenvalue weighted by atomic mass is 9.93.